The molecule has 0 amide bonds. The van der Waals surface area contributed by atoms with Crippen molar-refractivity contribution in [2.75, 3.05) is 6.54 Å². The topological polar surface area (TPSA) is 25.2 Å². The average Bonchev–Trinajstić information content (AvgIpc) is 2.86. The van der Waals surface area contributed by atoms with E-state index < -0.39 is 0 Å². The van der Waals surface area contributed by atoms with Gasteiger partial charge in [0.05, 0.1) is 6.26 Å². The first-order chi connectivity index (χ1) is 9.44. The summed E-state index contributed by atoms with van der Waals surface area (Å²) < 4.78 is 5.49. The van der Waals surface area contributed by atoms with Gasteiger partial charge < -0.3 is 9.73 Å². The lowest BCUT2D eigenvalue weighted by atomic mass is 9.93. The van der Waals surface area contributed by atoms with Crippen molar-refractivity contribution < 1.29 is 4.42 Å². The monoisotopic (exact) mass is 291 g/mol. The first-order valence-electron chi connectivity index (χ1n) is 6.97. The normalized spacial score (nSPS) is 13.4. The minimum Gasteiger partial charge on any atom is -0.469 e. The number of rotatable bonds is 5. The van der Waals surface area contributed by atoms with Crippen LogP contribution in [0.25, 0.3) is 0 Å². The number of furan rings is 1. The van der Waals surface area contributed by atoms with Crippen LogP contribution in [0.1, 0.15) is 38.0 Å². The molecule has 1 heterocycles. The van der Waals surface area contributed by atoms with Crippen LogP contribution in [0.5, 0.6) is 0 Å². The molecule has 0 radical (unpaired) electrons. The number of hydrogen-bond acceptors (Lipinski definition) is 2. The van der Waals surface area contributed by atoms with E-state index in [4.69, 9.17) is 16.0 Å². The van der Waals surface area contributed by atoms with Gasteiger partial charge in [-0.2, -0.15) is 0 Å². The molecule has 20 heavy (non-hydrogen) atoms. The summed E-state index contributed by atoms with van der Waals surface area (Å²) in [6.07, 6.45) is 2.60. The summed E-state index contributed by atoms with van der Waals surface area (Å²) in [5, 5.41) is 4.35. The highest BCUT2D eigenvalue weighted by molar-refractivity contribution is 6.30. The third-order valence-electron chi connectivity index (χ3n) is 3.23. The average molecular weight is 292 g/mol. The van der Waals surface area contributed by atoms with Crippen LogP contribution < -0.4 is 5.32 Å². The quantitative estimate of drug-likeness (QED) is 0.867. The zero-order valence-corrected chi connectivity index (χ0v) is 13.1. The molecule has 1 aromatic heterocycles. The van der Waals surface area contributed by atoms with Crippen LogP contribution in [0.15, 0.2) is 47.1 Å². The first-order valence-corrected chi connectivity index (χ1v) is 7.35. The van der Waals surface area contributed by atoms with E-state index in [1.165, 1.54) is 5.56 Å². The minimum atomic E-state index is 0.0972. The minimum absolute atomic E-state index is 0.0972. The highest BCUT2D eigenvalue weighted by atomic mass is 35.5. The molecule has 2 rings (SSSR count). The van der Waals surface area contributed by atoms with Crippen LogP contribution in [-0.4, -0.2) is 12.1 Å². The smallest absolute Gasteiger partial charge is 0.104 e. The predicted octanol–water partition coefficient (Wildman–Crippen LogP) is 4.65. The summed E-state index contributed by atoms with van der Waals surface area (Å²) in [5.74, 6) is 1.35. The SMILES string of the molecule is CC(C)(C)NCC(Cc1ccco1)c1cccc(Cl)c1. The standard InChI is InChI=1S/C17H22ClNO/c1-17(2,3)19-12-14(11-16-8-5-9-20-16)13-6-4-7-15(18)10-13/h4-10,14,19H,11-12H2,1-3H3. The lowest BCUT2D eigenvalue weighted by molar-refractivity contribution is 0.393. The Hall–Kier alpha value is -1.25. The fraction of sp³-hybridized carbons (Fsp3) is 0.412. The molecular formula is C17H22ClNO. The van der Waals surface area contributed by atoms with Gasteiger partial charge in [-0.05, 0) is 50.6 Å². The molecule has 1 aromatic carbocycles. The van der Waals surface area contributed by atoms with E-state index in [0.717, 1.165) is 23.7 Å². The number of hydrogen-bond donors (Lipinski definition) is 1. The molecule has 1 atom stereocenters. The van der Waals surface area contributed by atoms with Crippen molar-refractivity contribution in [3.8, 4) is 0 Å². The molecule has 0 saturated carbocycles. The summed E-state index contributed by atoms with van der Waals surface area (Å²) in [4.78, 5) is 0. The van der Waals surface area contributed by atoms with E-state index in [1.807, 2.05) is 30.3 Å². The van der Waals surface area contributed by atoms with Crippen molar-refractivity contribution in [2.45, 2.75) is 38.6 Å². The van der Waals surface area contributed by atoms with Gasteiger partial charge in [0.1, 0.15) is 5.76 Å². The molecule has 1 unspecified atom stereocenters. The van der Waals surface area contributed by atoms with E-state index in [2.05, 4.69) is 32.2 Å². The molecule has 0 bridgehead atoms. The predicted molar refractivity (Wildman–Crippen MR) is 84.4 cm³/mol. The number of nitrogens with one attached hydrogen (secondary N) is 1. The molecule has 0 spiro atoms. The Balaban J connectivity index is 2.15. The Kier molecular flexibility index (Phi) is 4.90. The highest BCUT2D eigenvalue weighted by Crippen LogP contribution is 2.24. The summed E-state index contributed by atoms with van der Waals surface area (Å²) in [6, 6.07) is 12.0. The largest absolute Gasteiger partial charge is 0.469 e. The van der Waals surface area contributed by atoms with Crippen LogP contribution in [0.4, 0.5) is 0 Å². The van der Waals surface area contributed by atoms with Gasteiger partial charge in [-0.25, -0.2) is 0 Å². The second-order valence-corrected chi connectivity index (χ2v) is 6.60. The van der Waals surface area contributed by atoms with Gasteiger partial charge in [0, 0.05) is 29.4 Å². The van der Waals surface area contributed by atoms with Gasteiger partial charge in [0.15, 0.2) is 0 Å². The van der Waals surface area contributed by atoms with Gasteiger partial charge in [-0.3, -0.25) is 0 Å². The molecule has 0 aliphatic rings. The molecule has 0 fully saturated rings. The highest BCUT2D eigenvalue weighted by Gasteiger charge is 2.17. The molecule has 2 aromatic rings. The van der Waals surface area contributed by atoms with Gasteiger partial charge >= 0.3 is 0 Å². The van der Waals surface area contributed by atoms with Crippen LogP contribution in [0, 0.1) is 0 Å². The summed E-state index contributed by atoms with van der Waals surface area (Å²) in [6.45, 7) is 7.42. The summed E-state index contributed by atoms with van der Waals surface area (Å²) in [7, 11) is 0. The Bertz CT molecular complexity index is 528. The Morgan fingerprint density at radius 3 is 2.60 bits per heavy atom. The summed E-state index contributed by atoms with van der Waals surface area (Å²) >= 11 is 6.12. The molecule has 0 saturated heterocycles. The Morgan fingerprint density at radius 1 is 1.20 bits per heavy atom. The fourth-order valence-electron chi connectivity index (χ4n) is 2.17. The third kappa shape index (κ3) is 4.69. The second kappa shape index (κ2) is 6.47. The van der Waals surface area contributed by atoms with E-state index in [9.17, 15) is 0 Å². The first kappa shape index (κ1) is 15.1. The number of benzene rings is 1. The lowest BCUT2D eigenvalue weighted by Gasteiger charge is -2.25. The van der Waals surface area contributed by atoms with E-state index in [0.29, 0.717) is 5.92 Å². The van der Waals surface area contributed by atoms with Crippen molar-refractivity contribution in [3.63, 3.8) is 0 Å². The van der Waals surface area contributed by atoms with Crippen molar-refractivity contribution >= 4 is 11.6 Å². The maximum Gasteiger partial charge on any atom is 0.104 e. The van der Waals surface area contributed by atoms with Crippen molar-refractivity contribution in [3.05, 3.63) is 59.0 Å². The lowest BCUT2D eigenvalue weighted by Crippen LogP contribution is -2.39. The molecule has 0 aliphatic carbocycles. The Morgan fingerprint density at radius 2 is 2.00 bits per heavy atom. The van der Waals surface area contributed by atoms with Crippen molar-refractivity contribution in [1.82, 2.24) is 5.32 Å². The molecule has 2 nitrogen and oxygen atoms in total. The molecular weight excluding hydrogens is 270 g/mol. The number of halogens is 1. The van der Waals surface area contributed by atoms with Crippen LogP contribution >= 0.6 is 11.6 Å². The van der Waals surface area contributed by atoms with Gasteiger partial charge in [-0.1, -0.05) is 23.7 Å². The fourth-order valence-corrected chi connectivity index (χ4v) is 2.37. The third-order valence-corrected chi connectivity index (χ3v) is 3.46. The van der Waals surface area contributed by atoms with Gasteiger partial charge in [-0.15, -0.1) is 0 Å². The molecule has 1 N–H and O–H groups in total. The van der Waals surface area contributed by atoms with Crippen LogP contribution in [0.3, 0.4) is 0 Å². The van der Waals surface area contributed by atoms with Crippen LogP contribution in [-0.2, 0) is 6.42 Å². The maximum atomic E-state index is 6.12. The van der Waals surface area contributed by atoms with Crippen LogP contribution in [0.2, 0.25) is 5.02 Å². The van der Waals surface area contributed by atoms with Gasteiger partial charge in [0.2, 0.25) is 0 Å². The van der Waals surface area contributed by atoms with E-state index >= 15 is 0 Å². The van der Waals surface area contributed by atoms with E-state index in [-0.39, 0.29) is 5.54 Å². The molecule has 108 valence electrons. The van der Waals surface area contributed by atoms with Crippen molar-refractivity contribution in [2.24, 2.45) is 0 Å². The second-order valence-electron chi connectivity index (χ2n) is 6.17. The zero-order chi connectivity index (χ0) is 14.6. The summed E-state index contributed by atoms with van der Waals surface area (Å²) in [5.41, 5.74) is 1.34. The zero-order valence-electron chi connectivity index (χ0n) is 12.3. The van der Waals surface area contributed by atoms with Crippen molar-refractivity contribution in [1.29, 1.82) is 0 Å². The van der Waals surface area contributed by atoms with Gasteiger partial charge in [0.25, 0.3) is 0 Å². The maximum absolute atomic E-state index is 6.12. The molecule has 0 aliphatic heterocycles. The van der Waals surface area contributed by atoms with E-state index in [1.54, 1.807) is 6.26 Å². The molecule has 3 heteroatoms. The Labute approximate surface area is 126 Å².